The van der Waals surface area contributed by atoms with Gasteiger partial charge in [0.25, 0.3) is 0 Å². The Morgan fingerprint density at radius 1 is 0.556 bits per heavy atom. The third-order valence-electron chi connectivity index (χ3n) is 3.96. The lowest BCUT2D eigenvalue weighted by Gasteiger charge is -2.10. The van der Waals surface area contributed by atoms with Crippen molar-refractivity contribution >= 4 is 0 Å². The standard InChI is InChI=1S/C23H24O4/c1-24-20-8-10-21(11-9-20)25-16-5-17-26-22-12-14-23(15-13-22)27-18-19-6-3-2-4-7-19/h2-4,6-15H,5,16-18H2,1H3. The second kappa shape index (κ2) is 10.1. The molecule has 0 unspecified atom stereocenters. The molecule has 0 heterocycles. The topological polar surface area (TPSA) is 36.9 Å². The van der Waals surface area contributed by atoms with Crippen LogP contribution in [-0.2, 0) is 6.61 Å². The minimum Gasteiger partial charge on any atom is -0.497 e. The van der Waals surface area contributed by atoms with Crippen molar-refractivity contribution in [3.05, 3.63) is 84.4 Å². The second-order valence-electron chi connectivity index (χ2n) is 5.97. The first-order chi connectivity index (χ1) is 13.3. The Hall–Kier alpha value is -3.14. The Labute approximate surface area is 160 Å². The zero-order valence-corrected chi connectivity index (χ0v) is 15.5. The lowest BCUT2D eigenvalue weighted by Crippen LogP contribution is -2.05. The lowest BCUT2D eigenvalue weighted by molar-refractivity contribution is 0.247. The molecule has 3 rings (SSSR count). The normalized spacial score (nSPS) is 10.3. The van der Waals surface area contributed by atoms with Crippen molar-refractivity contribution < 1.29 is 18.9 Å². The van der Waals surface area contributed by atoms with E-state index in [1.54, 1.807) is 7.11 Å². The fourth-order valence-electron chi connectivity index (χ4n) is 2.48. The van der Waals surface area contributed by atoms with E-state index in [0.717, 1.165) is 35.0 Å². The fraction of sp³-hybridized carbons (Fsp3) is 0.217. The van der Waals surface area contributed by atoms with Gasteiger partial charge in [-0.05, 0) is 54.1 Å². The molecule has 0 N–H and O–H groups in total. The molecule has 0 aliphatic heterocycles. The van der Waals surface area contributed by atoms with Gasteiger partial charge in [0.05, 0.1) is 20.3 Å². The van der Waals surface area contributed by atoms with Crippen LogP contribution >= 0.6 is 0 Å². The van der Waals surface area contributed by atoms with E-state index in [2.05, 4.69) is 0 Å². The number of hydrogen-bond acceptors (Lipinski definition) is 4. The minimum atomic E-state index is 0.559. The van der Waals surface area contributed by atoms with Gasteiger partial charge in [0.15, 0.2) is 0 Å². The van der Waals surface area contributed by atoms with Crippen molar-refractivity contribution in [1.29, 1.82) is 0 Å². The average Bonchev–Trinajstić information content (AvgIpc) is 2.74. The monoisotopic (exact) mass is 364 g/mol. The molecule has 4 nitrogen and oxygen atoms in total. The minimum absolute atomic E-state index is 0.559. The van der Waals surface area contributed by atoms with Crippen LogP contribution in [0.15, 0.2) is 78.9 Å². The molecule has 0 saturated heterocycles. The molecule has 3 aromatic carbocycles. The van der Waals surface area contributed by atoms with Gasteiger partial charge < -0.3 is 18.9 Å². The van der Waals surface area contributed by atoms with Crippen LogP contribution in [0.4, 0.5) is 0 Å². The number of benzene rings is 3. The molecule has 0 radical (unpaired) electrons. The third kappa shape index (κ3) is 6.26. The first-order valence-electron chi connectivity index (χ1n) is 9.00. The predicted molar refractivity (Wildman–Crippen MR) is 106 cm³/mol. The van der Waals surface area contributed by atoms with Gasteiger partial charge in [0, 0.05) is 6.42 Å². The summed E-state index contributed by atoms with van der Waals surface area (Å²) < 4.78 is 22.3. The smallest absolute Gasteiger partial charge is 0.120 e. The SMILES string of the molecule is COc1ccc(OCCCOc2ccc(OCc3ccccc3)cc2)cc1. The second-order valence-corrected chi connectivity index (χ2v) is 5.97. The summed E-state index contributed by atoms with van der Waals surface area (Å²) in [5, 5.41) is 0. The Morgan fingerprint density at radius 3 is 1.56 bits per heavy atom. The average molecular weight is 364 g/mol. The van der Waals surface area contributed by atoms with Gasteiger partial charge in [-0.2, -0.15) is 0 Å². The van der Waals surface area contributed by atoms with Gasteiger partial charge in [-0.3, -0.25) is 0 Å². The highest BCUT2D eigenvalue weighted by atomic mass is 16.5. The summed E-state index contributed by atoms with van der Waals surface area (Å²) >= 11 is 0. The molecule has 0 aromatic heterocycles. The summed E-state index contributed by atoms with van der Waals surface area (Å²) in [6.45, 7) is 1.76. The molecular formula is C23H24O4. The van der Waals surface area contributed by atoms with Gasteiger partial charge in [0.2, 0.25) is 0 Å². The Balaban J connectivity index is 1.33. The fourth-order valence-corrected chi connectivity index (χ4v) is 2.48. The van der Waals surface area contributed by atoms with Crippen LogP contribution < -0.4 is 18.9 Å². The molecule has 0 fully saturated rings. The molecule has 0 aliphatic carbocycles. The highest BCUT2D eigenvalue weighted by Crippen LogP contribution is 2.19. The van der Waals surface area contributed by atoms with Crippen LogP contribution in [-0.4, -0.2) is 20.3 Å². The maximum Gasteiger partial charge on any atom is 0.120 e. The highest BCUT2D eigenvalue weighted by molar-refractivity contribution is 5.32. The maximum absolute atomic E-state index is 5.77. The number of ether oxygens (including phenoxy) is 4. The van der Waals surface area contributed by atoms with Crippen molar-refractivity contribution in [1.82, 2.24) is 0 Å². The van der Waals surface area contributed by atoms with E-state index >= 15 is 0 Å². The van der Waals surface area contributed by atoms with Crippen LogP contribution in [0.1, 0.15) is 12.0 Å². The van der Waals surface area contributed by atoms with E-state index in [9.17, 15) is 0 Å². The van der Waals surface area contributed by atoms with Crippen LogP contribution in [0.2, 0.25) is 0 Å². The summed E-state index contributed by atoms with van der Waals surface area (Å²) in [5.74, 6) is 3.30. The van der Waals surface area contributed by atoms with Crippen LogP contribution in [0.25, 0.3) is 0 Å². The number of methoxy groups -OCH3 is 1. The van der Waals surface area contributed by atoms with E-state index in [-0.39, 0.29) is 0 Å². The molecule has 0 saturated carbocycles. The van der Waals surface area contributed by atoms with Gasteiger partial charge in [0.1, 0.15) is 29.6 Å². The van der Waals surface area contributed by atoms with Crippen molar-refractivity contribution in [2.24, 2.45) is 0 Å². The molecule has 4 heteroatoms. The van der Waals surface area contributed by atoms with Crippen molar-refractivity contribution in [2.45, 2.75) is 13.0 Å². The van der Waals surface area contributed by atoms with Crippen LogP contribution in [0.5, 0.6) is 23.0 Å². The van der Waals surface area contributed by atoms with E-state index < -0.39 is 0 Å². The molecule has 27 heavy (non-hydrogen) atoms. The first kappa shape index (κ1) is 18.6. The predicted octanol–water partition coefficient (Wildman–Crippen LogP) is 5.12. The molecule has 0 aliphatic rings. The van der Waals surface area contributed by atoms with E-state index in [4.69, 9.17) is 18.9 Å². The molecular weight excluding hydrogens is 340 g/mol. The summed E-state index contributed by atoms with van der Waals surface area (Å²) in [7, 11) is 1.65. The Morgan fingerprint density at radius 2 is 1.04 bits per heavy atom. The molecule has 3 aromatic rings. The summed E-state index contributed by atoms with van der Waals surface area (Å²) in [5.41, 5.74) is 1.15. The van der Waals surface area contributed by atoms with Crippen LogP contribution in [0.3, 0.4) is 0 Å². The van der Waals surface area contributed by atoms with Gasteiger partial charge >= 0.3 is 0 Å². The number of hydrogen-bond donors (Lipinski definition) is 0. The van der Waals surface area contributed by atoms with Crippen molar-refractivity contribution in [3.63, 3.8) is 0 Å². The molecule has 0 spiro atoms. The van der Waals surface area contributed by atoms with Gasteiger partial charge in [-0.15, -0.1) is 0 Å². The number of rotatable bonds is 10. The summed E-state index contributed by atoms with van der Waals surface area (Å²) in [6, 6.07) is 25.4. The quantitative estimate of drug-likeness (QED) is 0.468. The van der Waals surface area contributed by atoms with Crippen LogP contribution in [0, 0.1) is 0 Å². The Kier molecular flexibility index (Phi) is 6.99. The Bertz CT molecular complexity index is 783. The van der Waals surface area contributed by atoms with E-state index in [1.165, 1.54) is 0 Å². The molecule has 0 amide bonds. The molecule has 0 bridgehead atoms. The maximum atomic E-state index is 5.77. The zero-order chi connectivity index (χ0) is 18.7. The summed E-state index contributed by atoms with van der Waals surface area (Å²) in [6.07, 6.45) is 0.804. The van der Waals surface area contributed by atoms with Crippen molar-refractivity contribution in [3.8, 4) is 23.0 Å². The zero-order valence-electron chi connectivity index (χ0n) is 15.5. The van der Waals surface area contributed by atoms with Gasteiger partial charge in [-0.25, -0.2) is 0 Å². The van der Waals surface area contributed by atoms with Crippen molar-refractivity contribution in [2.75, 3.05) is 20.3 Å². The highest BCUT2D eigenvalue weighted by Gasteiger charge is 1.99. The first-order valence-corrected chi connectivity index (χ1v) is 9.00. The summed E-state index contributed by atoms with van der Waals surface area (Å²) in [4.78, 5) is 0. The largest absolute Gasteiger partial charge is 0.497 e. The van der Waals surface area contributed by atoms with E-state index in [1.807, 2.05) is 78.9 Å². The molecule has 0 atom stereocenters. The molecule has 140 valence electrons. The lowest BCUT2D eigenvalue weighted by atomic mass is 10.2. The van der Waals surface area contributed by atoms with E-state index in [0.29, 0.717) is 19.8 Å². The van der Waals surface area contributed by atoms with Gasteiger partial charge in [-0.1, -0.05) is 30.3 Å². The third-order valence-corrected chi connectivity index (χ3v) is 3.96.